The summed E-state index contributed by atoms with van der Waals surface area (Å²) in [6.45, 7) is 17.9. The summed E-state index contributed by atoms with van der Waals surface area (Å²) >= 11 is 0. The van der Waals surface area contributed by atoms with Crippen molar-refractivity contribution < 1.29 is 0 Å². The first-order chi connectivity index (χ1) is 14.9. The molecule has 0 aliphatic heterocycles. The predicted molar refractivity (Wildman–Crippen MR) is 140 cm³/mol. The fourth-order valence-electron chi connectivity index (χ4n) is 3.97. The molecule has 166 valence electrons. The maximum atomic E-state index is 4.56. The standard InChI is InChI=1S/C30H41N/c1-8-14-28(30-26(19-20-31-30)18-17-22(3)4)21-27-15-12-10-11-13-16-29(27)25(7)24(6)23(5)9-2/h9-13,15,17-22,24,29,31H,7-8,14,16H2,1-6H3/b12-10-,13-11+,18-17+,23-9+,27-15-,28-21+. The first-order valence-corrected chi connectivity index (χ1v) is 11.8. The minimum absolute atomic E-state index is 0.308. The van der Waals surface area contributed by atoms with E-state index in [1.165, 1.54) is 33.5 Å². The predicted octanol–water partition coefficient (Wildman–Crippen LogP) is 9.08. The van der Waals surface area contributed by atoms with Crippen LogP contribution in [-0.2, 0) is 0 Å². The van der Waals surface area contributed by atoms with Crippen molar-refractivity contribution in [3.63, 3.8) is 0 Å². The molecule has 0 spiro atoms. The maximum Gasteiger partial charge on any atom is 0.0486 e. The number of H-pyrrole nitrogens is 1. The Morgan fingerprint density at radius 1 is 1.23 bits per heavy atom. The quantitative estimate of drug-likeness (QED) is 0.387. The second-order valence-electron chi connectivity index (χ2n) is 8.93. The van der Waals surface area contributed by atoms with E-state index in [9.17, 15) is 0 Å². The van der Waals surface area contributed by atoms with E-state index in [-0.39, 0.29) is 0 Å². The van der Waals surface area contributed by atoms with Crippen LogP contribution in [0.1, 0.15) is 72.1 Å². The van der Waals surface area contributed by atoms with Crippen LogP contribution in [0.2, 0.25) is 0 Å². The lowest BCUT2D eigenvalue weighted by Crippen LogP contribution is -2.13. The Morgan fingerprint density at radius 2 is 2.00 bits per heavy atom. The number of rotatable bonds is 9. The van der Waals surface area contributed by atoms with Crippen molar-refractivity contribution in [2.45, 2.75) is 60.8 Å². The van der Waals surface area contributed by atoms with Crippen LogP contribution in [0, 0.1) is 17.8 Å². The highest BCUT2D eigenvalue weighted by Gasteiger charge is 2.22. The van der Waals surface area contributed by atoms with Gasteiger partial charge in [-0.3, -0.25) is 0 Å². The zero-order chi connectivity index (χ0) is 22.8. The summed E-state index contributed by atoms with van der Waals surface area (Å²) in [6.07, 6.45) is 25.3. The van der Waals surface area contributed by atoms with E-state index < -0.39 is 0 Å². The van der Waals surface area contributed by atoms with Crippen molar-refractivity contribution in [2.75, 3.05) is 0 Å². The minimum atomic E-state index is 0.308. The Hall–Kier alpha value is -2.54. The summed E-state index contributed by atoms with van der Waals surface area (Å²) in [5.41, 5.74) is 7.90. The van der Waals surface area contributed by atoms with E-state index in [0.717, 1.165) is 19.3 Å². The zero-order valence-electron chi connectivity index (χ0n) is 20.4. The molecule has 0 amide bonds. The van der Waals surface area contributed by atoms with E-state index in [0.29, 0.717) is 17.8 Å². The molecule has 1 heterocycles. The molecule has 0 fully saturated rings. The van der Waals surface area contributed by atoms with E-state index in [4.69, 9.17) is 0 Å². The van der Waals surface area contributed by atoms with Crippen molar-refractivity contribution in [2.24, 2.45) is 17.8 Å². The van der Waals surface area contributed by atoms with Gasteiger partial charge in [-0.2, -0.15) is 0 Å². The normalized spacial score (nSPS) is 22.7. The van der Waals surface area contributed by atoms with E-state index >= 15 is 0 Å². The average molecular weight is 416 g/mol. The van der Waals surface area contributed by atoms with Crippen LogP contribution < -0.4 is 0 Å². The van der Waals surface area contributed by atoms with E-state index in [1.807, 2.05) is 0 Å². The molecule has 0 saturated heterocycles. The molecular formula is C30H41N. The van der Waals surface area contributed by atoms with Crippen molar-refractivity contribution in [1.82, 2.24) is 4.98 Å². The van der Waals surface area contributed by atoms with Crippen LogP contribution in [-0.4, -0.2) is 4.98 Å². The Kier molecular flexibility index (Phi) is 9.85. The molecule has 31 heavy (non-hydrogen) atoms. The SMILES string of the molecule is C=C(C(C)/C(C)=C/C)C1C/C=C/C=C\C=C1\C=C(/CCC)c1[nH]ccc1/C=C/C(C)C. The molecule has 0 saturated carbocycles. The lowest BCUT2D eigenvalue weighted by molar-refractivity contribution is 0.636. The highest BCUT2D eigenvalue weighted by molar-refractivity contribution is 5.74. The smallest absolute Gasteiger partial charge is 0.0486 e. The first kappa shape index (κ1) is 24.7. The lowest BCUT2D eigenvalue weighted by Gasteiger charge is -2.26. The Labute approximate surface area is 190 Å². The summed E-state index contributed by atoms with van der Waals surface area (Å²) in [7, 11) is 0. The molecule has 0 aromatic carbocycles. The second kappa shape index (κ2) is 12.3. The molecule has 1 aliphatic rings. The van der Waals surface area contributed by atoms with Gasteiger partial charge in [-0.1, -0.05) is 107 Å². The molecule has 1 aliphatic carbocycles. The van der Waals surface area contributed by atoms with Crippen molar-refractivity contribution in [3.8, 4) is 0 Å². The molecule has 0 bridgehead atoms. The third-order valence-electron chi connectivity index (χ3n) is 6.18. The van der Waals surface area contributed by atoms with Gasteiger partial charge < -0.3 is 4.98 Å². The minimum Gasteiger partial charge on any atom is -0.361 e. The summed E-state index contributed by atoms with van der Waals surface area (Å²) < 4.78 is 0. The molecule has 2 unspecified atom stereocenters. The Morgan fingerprint density at radius 3 is 2.68 bits per heavy atom. The van der Waals surface area contributed by atoms with Crippen molar-refractivity contribution in [1.29, 1.82) is 0 Å². The second-order valence-corrected chi connectivity index (χ2v) is 8.93. The van der Waals surface area contributed by atoms with Gasteiger partial charge in [-0.05, 0) is 61.3 Å². The highest BCUT2D eigenvalue weighted by Crippen LogP contribution is 2.36. The molecule has 1 aromatic rings. The Balaban J connectivity index is 2.51. The summed E-state index contributed by atoms with van der Waals surface area (Å²) in [5.74, 6) is 1.21. The fraction of sp³-hybridized carbons (Fsp3) is 0.400. The van der Waals surface area contributed by atoms with E-state index in [2.05, 4.69) is 120 Å². The molecule has 1 aromatic heterocycles. The summed E-state index contributed by atoms with van der Waals surface area (Å²) in [4.78, 5) is 3.52. The largest absolute Gasteiger partial charge is 0.361 e. The van der Waals surface area contributed by atoms with Gasteiger partial charge in [0.2, 0.25) is 0 Å². The van der Waals surface area contributed by atoms with Gasteiger partial charge >= 0.3 is 0 Å². The molecule has 1 heteroatoms. The van der Waals surface area contributed by atoms with Gasteiger partial charge in [0.15, 0.2) is 0 Å². The third-order valence-corrected chi connectivity index (χ3v) is 6.18. The Bertz CT molecular complexity index is 908. The molecule has 2 atom stereocenters. The van der Waals surface area contributed by atoms with Crippen LogP contribution in [0.5, 0.6) is 0 Å². The first-order valence-electron chi connectivity index (χ1n) is 11.8. The van der Waals surface area contributed by atoms with E-state index in [1.54, 1.807) is 0 Å². The van der Waals surface area contributed by atoms with Crippen molar-refractivity contribution in [3.05, 3.63) is 95.4 Å². The average Bonchev–Trinajstić information content (AvgIpc) is 3.20. The topological polar surface area (TPSA) is 15.8 Å². The van der Waals surface area contributed by atoms with Crippen LogP contribution in [0.25, 0.3) is 11.6 Å². The molecule has 1 nitrogen and oxygen atoms in total. The van der Waals surface area contributed by atoms with Gasteiger partial charge in [0.25, 0.3) is 0 Å². The van der Waals surface area contributed by atoms with Gasteiger partial charge in [-0.25, -0.2) is 0 Å². The van der Waals surface area contributed by atoms with Gasteiger partial charge in [0.1, 0.15) is 0 Å². The number of allylic oxidation sites excluding steroid dienone is 12. The number of hydrogen-bond acceptors (Lipinski definition) is 0. The van der Waals surface area contributed by atoms with Crippen LogP contribution in [0.3, 0.4) is 0 Å². The fourth-order valence-corrected chi connectivity index (χ4v) is 3.97. The lowest BCUT2D eigenvalue weighted by atomic mass is 9.78. The van der Waals surface area contributed by atoms with Crippen LogP contribution in [0.4, 0.5) is 0 Å². The molecule has 0 radical (unpaired) electrons. The number of aromatic nitrogens is 1. The zero-order valence-corrected chi connectivity index (χ0v) is 20.4. The number of nitrogens with one attached hydrogen (secondary N) is 1. The van der Waals surface area contributed by atoms with Gasteiger partial charge in [-0.15, -0.1) is 0 Å². The molecular weight excluding hydrogens is 374 g/mol. The molecule has 2 rings (SSSR count). The van der Waals surface area contributed by atoms with Crippen molar-refractivity contribution >= 4 is 11.6 Å². The number of aromatic amines is 1. The maximum absolute atomic E-state index is 4.56. The summed E-state index contributed by atoms with van der Waals surface area (Å²) in [6, 6.07) is 2.18. The van der Waals surface area contributed by atoms with Crippen LogP contribution >= 0.6 is 0 Å². The third kappa shape index (κ3) is 6.99. The summed E-state index contributed by atoms with van der Waals surface area (Å²) in [5, 5.41) is 0. The highest BCUT2D eigenvalue weighted by atomic mass is 14.7. The van der Waals surface area contributed by atoms with Gasteiger partial charge in [0, 0.05) is 17.8 Å². The van der Waals surface area contributed by atoms with Gasteiger partial charge in [0.05, 0.1) is 0 Å². The van der Waals surface area contributed by atoms with Crippen LogP contribution in [0.15, 0.2) is 84.2 Å². The monoisotopic (exact) mass is 415 g/mol. The molecule has 1 N–H and O–H groups in total. The number of hydrogen-bond donors (Lipinski definition) is 1.